The van der Waals surface area contributed by atoms with Gasteiger partial charge in [-0.3, -0.25) is 0 Å². The molecule has 0 fully saturated rings. The minimum Gasteiger partial charge on any atom is -0.490 e. The lowest BCUT2D eigenvalue weighted by Gasteiger charge is -2.12. The zero-order valence-corrected chi connectivity index (χ0v) is 16.0. The highest BCUT2D eigenvalue weighted by molar-refractivity contribution is 7.99. The lowest BCUT2D eigenvalue weighted by molar-refractivity contribution is 0.163. The normalized spacial score (nSPS) is 11.5. The Labute approximate surface area is 150 Å². The summed E-state index contributed by atoms with van der Waals surface area (Å²) in [4.78, 5) is 5.93. The van der Waals surface area contributed by atoms with Gasteiger partial charge in [0.1, 0.15) is 19.5 Å². The molecule has 1 rings (SSSR count). The second-order valence-electron chi connectivity index (χ2n) is 5.37. The van der Waals surface area contributed by atoms with Gasteiger partial charge in [0.15, 0.2) is 0 Å². The third kappa shape index (κ3) is 8.41. The third-order valence-corrected chi connectivity index (χ3v) is 4.74. The first-order valence-electron chi connectivity index (χ1n) is 8.29. The Kier molecular flexibility index (Phi) is 11.1. The molecule has 1 aromatic carbocycles. The lowest BCUT2D eigenvalue weighted by Crippen LogP contribution is -1.99. The average Bonchev–Trinajstić information content (AvgIpc) is 2.55. The van der Waals surface area contributed by atoms with E-state index in [4.69, 9.17) is 9.47 Å². The summed E-state index contributed by atoms with van der Waals surface area (Å²) in [5.41, 5.74) is 2.56. The first-order chi connectivity index (χ1) is 11.7. The van der Waals surface area contributed by atoms with E-state index in [2.05, 4.69) is 36.0 Å². The van der Waals surface area contributed by atoms with E-state index in [9.17, 15) is 0 Å². The van der Waals surface area contributed by atoms with Crippen LogP contribution in [-0.4, -0.2) is 38.9 Å². The van der Waals surface area contributed by atoms with Crippen LogP contribution in [0, 0.1) is 13.8 Å². The minimum absolute atomic E-state index is 0.508. The van der Waals surface area contributed by atoms with E-state index < -0.39 is 0 Å². The zero-order valence-electron chi connectivity index (χ0n) is 15.2. The molecule has 0 saturated carbocycles. The summed E-state index contributed by atoms with van der Waals surface area (Å²) in [5.74, 6) is 2.04. The summed E-state index contributed by atoms with van der Waals surface area (Å²) in [6.07, 6.45) is 7.82. The van der Waals surface area contributed by atoms with Crippen LogP contribution in [0.5, 0.6) is 5.75 Å². The maximum absolute atomic E-state index is 5.73. The number of rotatable bonds is 12. The molecule has 0 unspecified atom stereocenters. The monoisotopic (exact) mass is 351 g/mol. The summed E-state index contributed by atoms with van der Waals surface area (Å²) in [7, 11) is 1.53. The molecule has 0 N–H and O–H groups in total. The summed E-state index contributed by atoms with van der Waals surface area (Å²) in [5, 5.41) is 3.63. The van der Waals surface area contributed by atoms with Crippen molar-refractivity contribution in [1.29, 1.82) is 0 Å². The largest absolute Gasteiger partial charge is 0.490 e. The quantitative estimate of drug-likeness (QED) is 0.179. The van der Waals surface area contributed by atoms with Crippen LogP contribution in [0.3, 0.4) is 0 Å². The second-order valence-corrected chi connectivity index (χ2v) is 6.47. The highest BCUT2D eigenvalue weighted by Crippen LogP contribution is 2.31. The van der Waals surface area contributed by atoms with Crippen molar-refractivity contribution in [3.05, 3.63) is 35.4 Å². The van der Waals surface area contributed by atoms with Gasteiger partial charge in [0.25, 0.3) is 0 Å². The topological polar surface area (TPSA) is 40.0 Å². The van der Waals surface area contributed by atoms with Gasteiger partial charge in [0.05, 0.1) is 12.8 Å². The highest BCUT2D eigenvalue weighted by atomic mass is 32.2. The minimum atomic E-state index is 0.508. The standard InChI is InChI=1S/C19H29NO3S/c1-5-6-11-23-18-14-16(2)19(17(3)15-18)24-13-8-7-10-22-12-9-20-21-4/h5-6,9,14-15H,7-8,10-13H2,1-4H3/b6-5+,20-9+. The Morgan fingerprint density at radius 3 is 2.54 bits per heavy atom. The van der Waals surface area contributed by atoms with Gasteiger partial charge in [-0.15, -0.1) is 11.8 Å². The van der Waals surface area contributed by atoms with E-state index in [1.54, 1.807) is 6.21 Å². The maximum atomic E-state index is 5.73. The number of unbranched alkanes of at least 4 members (excludes halogenated alkanes) is 1. The Morgan fingerprint density at radius 2 is 1.88 bits per heavy atom. The number of hydrogen-bond acceptors (Lipinski definition) is 5. The molecule has 0 heterocycles. The smallest absolute Gasteiger partial charge is 0.120 e. The van der Waals surface area contributed by atoms with Crippen LogP contribution in [0.1, 0.15) is 30.9 Å². The lowest BCUT2D eigenvalue weighted by atomic mass is 10.1. The molecule has 0 amide bonds. The summed E-state index contributed by atoms with van der Waals surface area (Å²) >= 11 is 1.91. The molecule has 4 nitrogen and oxygen atoms in total. The molecule has 1 aromatic rings. The van der Waals surface area contributed by atoms with E-state index in [1.165, 1.54) is 23.1 Å². The molecule has 134 valence electrons. The SMILES string of the molecule is C/C=C/COc1cc(C)c(SCCCCOC/C=N/OC)c(C)c1. The number of hydrogen-bond donors (Lipinski definition) is 0. The van der Waals surface area contributed by atoms with Crippen molar-refractivity contribution in [3.63, 3.8) is 0 Å². The van der Waals surface area contributed by atoms with Crippen LogP contribution in [0.15, 0.2) is 34.3 Å². The molecule has 24 heavy (non-hydrogen) atoms. The van der Waals surface area contributed by atoms with Gasteiger partial charge in [-0.05, 0) is 62.6 Å². The summed E-state index contributed by atoms with van der Waals surface area (Å²) in [6, 6.07) is 4.24. The van der Waals surface area contributed by atoms with Crippen LogP contribution >= 0.6 is 11.8 Å². The van der Waals surface area contributed by atoms with Gasteiger partial charge >= 0.3 is 0 Å². The predicted octanol–water partition coefficient (Wildman–Crippen LogP) is 4.78. The number of allylic oxidation sites excluding steroid dienone is 1. The molecule has 0 bridgehead atoms. The number of aryl methyl sites for hydroxylation is 2. The second kappa shape index (κ2) is 12.9. The summed E-state index contributed by atoms with van der Waals surface area (Å²) in [6.45, 7) is 8.18. The van der Waals surface area contributed by atoms with Crippen molar-refractivity contribution in [2.45, 2.75) is 38.5 Å². The van der Waals surface area contributed by atoms with Crippen molar-refractivity contribution < 1.29 is 14.3 Å². The first-order valence-corrected chi connectivity index (χ1v) is 9.28. The van der Waals surface area contributed by atoms with Crippen molar-refractivity contribution in [2.24, 2.45) is 5.16 Å². The fourth-order valence-electron chi connectivity index (χ4n) is 2.18. The van der Waals surface area contributed by atoms with Crippen LogP contribution in [-0.2, 0) is 9.57 Å². The van der Waals surface area contributed by atoms with Gasteiger partial charge in [-0.2, -0.15) is 0 Å². The summed E-state index contributed by atoms with van der Waals surface area (Å²) < 4.78 is 11.2. The van der Waals surface area contributed by atoms with E-state index in [0.29, 0.717) is 13.2 Å². The van der Waals surface area contributed by atoms with Crippen LogP contribution in [0.25, 0.3) is 0 Å². The van der Waals surface area contributed by atoms with Crippen molar-refractivity contribution in [2.75, 3.05) is 32.7 Å². The molecule has 0 atom stereocenters. The van der Waals surface area contributed by atoms with E-state index >= 15 is 0 Å². The first kappa shape index (κ1) is 20.6. The number of benzene rings is 1. The van der Waals surface area contributed by atoms with Crippen LogP contribution < -0.4 is 4.74 Å². The molecule has 0 aromatic heterocycles. The molecule has 5 heteroatoms. The van der Waals surface area contributed by atoms with Gasteiger partial charge in [0, 0.05) is 11.5 Å². The molecule has 0 radical (unpaired) electrons. The number of ether oxygens (including phenoxy) is 2. The number of thioether (sulfide) groups is 1. The third-order valence-electron chi connectivity index (χ3n) is 3.32. The molecule has 0 saturated heterocycles. The number of nitrogens with zero attached hydrogens (tertiary/aromatic N) is 1. The van der Waals surface area contributed by atoms with Crippen molar-refractivity contribution in [1.82, 2.24) is 0 Å². The van der Waals surface area contributed by atoms with Crippen molar-refractivity contribution >= 4 is 18.0 Å². The molecular weight excluding hydrogens is 322 g/mol. The van der Waals surface area contributed by atoms with E-state index in [0.717, 1.165) is 31.0 Å². The van der Waals surface area contributed by atoms with E-state index in [-0.39, 0.29) is 0 Å². The Morgan fingerprint density at radius 1 is 1.12 bits per heavy atom. The van der Waals surface area contributed by atoms with Crippen LogP contribution in [0.4, 0.5) is 0 Å². The van der Waals surface area contributed by atoms with Crippen molar-refractivity contribution in [3.8, 4) is 5.75 Å². The highest BCUT2D eigenvalue weighted by Gasteiger charge is 2.06. The number of oxime groups is 1. The molecular formula is C19H29NO3S. The van der Waals surface area contributed by atoms with Gasteiger partial charge < -0.3 is 14.3 Å². The zero-order chi connectivity index (χ0) is 17.6. The molecule has 0 spiro atoms. The Balaban J connectivity index is 2.31. The Bertz CT molecular complexity index is 506. The molecule has 0 aliphatic carbocycles. The fraction of sp³-hybridized carbons (Fsp3) is 0.526. The van der Waals surface area contributed by atoms with Gasteiger partial charge in [0.2, 0.25) is 0 Å². The van der Waals surface area contributed by atoms with Gasteiger partial charge in [-0.25, -0.2) is 0 Å². The van der Waals surface area contributed by atoms with E-state index in [1.807, 2.05) is 30.8 Å². The fourth-order valence-corrected chi connectivity index (χ4v) is 3.31. The molecule has 0 aliphatic rings. The van der Waals surface area contributed by atoms with Gasteiger partial charge in [-0.1, -0.05) is 17.3 Å². The predicted molar refractivity (Wildman–Crippen MR) is 103 cm³/mol. The maximum Gasteiger partial charge on any atom is 0.120 e. The Hall–Kier alpha value is -1.46. The molecule has 0 aliphatic heterocycles. The van der Waals surface area contributed by atoms with Crippen LogP contribution in [0.2, 0.25) is 0 Å². The average molecular weight is 352 g/mol.